The number of rotatable bonds is 3. The molecule has 2 atom stereocenters. The molecule has 27 heavy (non-hydrogen) atoms. The Kier molecular flexibility index (Phi) is 7.43. The van der Waals surface area contributed by atoms with E-state index in [2.05, 4.69) is 0 Å². The van der Waals surface area contributed by atoms with Crippen molar-refractivity contribution in [2.75, 3.05) is 0 Å². The minimum atomic E-state index is -2.18. The number of carbonyl (C=O) groups is 1. The van der Waals surface area contributed by atoms with Gasteiger partial charge in [0.1, 0.15) is 4.88 Å². The van der Waals surface area contributed by atoms with Gasteiger partial charge in [-0.2, -0.15) is 4.89 Å². The molecule has 1 heterocycles. The van der Waals surface area contributed by atoms with Crippen LogP contribution in [0.3, 0.4) is 0 Å². The SMILES string of the molecule is CC=C1C(C)=CC=C([P+](=O)O)C1C.O=C(O)c1ccc(-c2ccccc2)s1. The Bertz CT molecular complexity index is 923. The van der Waals surface area contributed by atoms with Crippen LogP contribution in [0.25, 0.3) is 10.4 Å². The van der Waals surface area contributed by atoms with Crippen LogP contribution in [0.1, 0.15) is 30.4 Å². The quantitative estimate of drug-likeness (QED) is 0.595. The molecule has 0 amide bonds. The van der Waals surface area contributed by atoms with E-state index in [9.17, 15) is 9.36 Å². The number of benzene rings is 1. The predicted octanol–water partition coefficient (Wildman–Crippen LogP) is 6.26. The molecule has 2 N–H and O–H groups in total. The second-order valence-electron chi connectivity index (χ2n) is 6.01. The first-order valence-electron chi connectivity index (χ1n) is 8.44. The number of aromatic carboxylic acids is 1. The fourth-order valence-corrected chi connectivity index (χ4v) is 4.39. The monoisotopic (exact) mass is 401 g/mol. The fraction of sp³-hybridized carbons (Fsp3) is 0.190. The molecule has 0 radical (unpaired) electrons. The molecule has 0 fully saturated rings. The van der Waals surface area contributed by atoms with Crippen LogP contribution in [-0.2, 0) is 4.57 Å². The molecule has 0 saturated carbocycles. The second-order valence-corrected chi connectivity index (χ2v) is 8.16. The van der Waals surface area contributed by atoms with Gasteiger partial charge in [0, 0.05) is 4.88 Å². The Morgan fingerprint density at radius 3 is 2.33 bits per heavy atom. The lowest BCUT2D eigenvalue weighted by atomic mass is 9.90. The van der Waals surface area contributed by atoms with E-state index >= 15 is 0 Å². The minimum Gasteiger partial charge on any atom is -0.477 e. The predicted molar refractivity (Wildman–Crippen MR) is 111 cm³/mol. The smallest absolute Gasteiger partial charge is 0.477 e. The van der Waals surface area contributed by atoms with E-state index in [1.165, 1.54) is 16.9 Å². The van der Waals surface area contributed by atoms with Crippen molar-refractivity contribution in [2.45, 2.75) is 20.8 Å². The summed E-state index contributed by atoms with van der Waals surface area (Å²) in [6, 6.07) is 13.2. The minimum absolute atomic E-state index is 0.0728. The molecule has 4 nitrogen and oxygen atoms in total. The van der Waals surface area contributed by atoms with E-state index in [4.69, 9.17) is 10.00 Å². The van der Waals surface area contributed by atoms with Crippen molar-refractivity contribution in [1.29, 1.82) is 0 Å². The Morgan fingerprint density at radius 1 is 1.15 bits per heavy atom. The molecule has 6 heteroatoms. The summed E-state index contributed by atoms with van der Waals surface area (Å²) in [5.41, 5.74) is 3.38. The fourth-order valence-electron chi connectivity index (χ4n) is 2.87. The van der Waals surface area contributed by atoms with Gasteiger partial charge in [0.25, 0.3) is 0 Å². The van der Waals surface area contributed by atoms with E-state index < -0.39 is 14.0 Å². The van der Waals surface area contributed by atoms with Crippen LogP contribution in [0.15, 0.2) is 77.2 Å². The van der Waals surface area contributed by atoms with E-state index in [0.29, 0.717) is 10.2 Å². The average molecular weight is 401 g/mol. The summed E-state index contributed by atoms with van der Waals surface area (Å²) in [6.45, 7) is 5.93. The molecular formula is C21H22O4PS+. The van der Waals surface area contributed by atoms with Gasteiger partial charge in [-0.15, -0.1) is 11.3 Å². The second kappa shape index (κ2) is 9.56. The lowest BCUT2D eigenvalue weighted by Gasteiger charge is -2.16. The molecule has 0 spiro atoms. The van der Waals surface area contributed by atoms with Crippen LogP contribution < -0.4 is 0 Å². The van der Waals surface area contributed by atoms with Crippen molar-refractivity contribution in [3.05, 3.63) is 82.0 Å². The number of hydrogen-bond acceptors (Lipinski definition) is 3. The molecular weight excluding hydrogens is 379 g/mol. The lowest BCUT2D eigenvalue weighted by Crippen LogP contribution is -2.05. The third-order valence-corrected chi connectivity index (χ3v) is 6.38. The standard InChI is InChI=1S/C11H8O2S.C10H13O2P/c12-11(13)10-7-6-9(14-10)8-4-2-1-3-5-8;1-4-9-7(2)5-6-10(8(9)3)13(11)12/h1-7H,(H,12,13);4-6,8H,1-3H3/p+1. The first-order valence-corrected chi connectivity index (χ1v) is 10.5. The molecule has 2 aromatic rings. The summed E-state index contributed by atoms with van der Waals surface area (Å²) < 4.78 is 11.0. The summed E-state index contributed by atoms with van der Waals surface area (Å²) in [7, 11) is -2.18. The molecule has 140 valence electrons. The van der Waals surface area contributed by atoms with E-state index in [-0.39, 0.29) is 5.92 Å². The average Bonchev–Trinajstić information content (AvgIpc) is 3.14. The normalized spacial score (nSPS) is 18.1. The maximum absolute atomic E-state index is 11.0. The molecule has 2 unspecified atom stereocenters. The van der Waals surface area contributed by atoms with E-state index in [0.717, 1.165) is 16.0 Å². The zero-order chi connectivity index (χ0) is 20.0. The Morgan fingerprint density at radius 2 is 1.81 bits per heavy atom. The summed E-state index contributed by atoms with van der Waals surface area (Å²) in [5, 5.41) is 9.37. The first kappa shape index (κ1) is 21.0. The summed E-state index contributed by atoms with van der Waals surface area (Å²) in [5.74, 6) is -0.791. The van der Waals surface area contributed by atoms with Gasteiger partial charge in [-0.1, -0.05) is 49.4 Å². The highest BCUT2D eigenvalue weighted by atomic mass is 32.1. The van der Waals surface area contributed by atoms with Gasteiger partial charge >= 0.3 is 14.0 Å². The van der Waals surface area contributed by atoms with Crippen LogP contribution in [0.4, 0.5) is 0 Å². The number of allylic oxidation sites excluding steroid dienone is 6. The highest BCUT2D eigenvalue weighted by Crippen LogP contribution is 2.41. The van der Waals surface area contributed by atoms with Crippen LogP contribution in [-0.4, -0.2) is 16.0 Å². The van der Waals surface area contributed by atoms with E-state index in [1.807, 2.05) is 69.3 Å². The third-order valence-electron chi connectivity index (χ3n) is 4.28. The molecule has 1 aromatic carbocycles. The van der Waals surface area contributed by atoms with Crippen LogP contribution in [0, 0.1) is 5.92 Å². The summed E-state index contributed by atoms with van der Waals surface area (Å²) >= 11 is 1.29. The maximum atomic E-state index is 11.0. The van der Waals surface area contributed by atoms with Gasteiger partial charge < -0.3 is 5.11 Å². The van der Waals surface area contributed by atoms with Crippen molar-refractivity contribution >= 4 is 25.3 Å². The van der Waals surface area contributed by atoms with Crippen LogP contribution >= 0.6 is 19.4 Å². The van der Waals surface area contributed by atoms with Crippen molar-refractivity contribution < 1.29 is 19.4 Å². The van der Waals surface area contributed by atoms with Crippen molar-refractivity contribution in [2.24, 2.45) is 5.92 Å². The van der Waals surface area contributed by atoms with Gasteiger partial charge in [-0.3, -0.25) is 0 Å². The molecule has 1 aromatic heterocycles. The highest BCUT2D eigenvalue weighted by Gasteiger charge is 2.31. The Balaban J connectivity index is 0.000000194. The van der Waals surface area contributed by atoms with Gasteiger partial charge in [0.15, 0.2) is 0 Å². The van der Waals surface area contributed by atoms with Gasteiger partial charge in [0.05, 0.1) is 5.92 Å². The van der Waals surface area contributed by atoms with Gasteiger partial charge in [0.2, 0.25) is 5.31 Å². The maximum Gasteiger partial charge on any atom is 0.542 e. The zero-order valence-corrected chi connectivity index (χ0v) is 17.1. The Hall–Kier alpha value is -2.33. The zero-order valence-electron chi connectivity index (χ0n) is 15.4. The van der Waals surface area contributed by atoms with Gasteiger partial charge in [-0.05, 0) is 53.3 Å². The number of carboxylic acid groups (broad SMARTS) is 1. The third kappa shape index (κ3) is 5.33. The lowest BCUT2D eigenvalue weighted by molar-refractivity contribution is 0.0702. The number of hydrogen-bond donors (Lipinski definition) is 2. The van der Waals surface area contributed by atoms with Crippen molar-refractivity contribution in [1.82, 2.24) is 0 Å². The molecule has 0 saturated heterocycles. The van der Waals surface area contributed by atoms with Crippen molar-refractivity contribution in [3.63, 3.8) is 0 Å². The topological polar surface area (TPSA) is 74.6 Å². The van der Waals surface area contributed by atoms with Crippen molar-refractivity contribution in [3.8, 4) is 10.4 Å². The number of thiophene rings is 1. The Labute approximate surface area is 164 Å². The van der Waals surface area contributed by atoms with E-state index in [1.54, 1.807) is 12.1 Å². The highest BCUT2D eigenvalue weighted by molar-refractivity contribution is 7.43. The molecule has 1 aliphatic rings. The summed E-state index contributed by atoms with van der Waals surface area (Å²) in [6.07, 6.45) is 5.65. The largest absolute Gasteiger partial charge is 0.542 e. The van der Waals surface area contributed by atoms with Gasteiger partial charge in [-0.25, -0.2) is 4.79 Å². The summed E-state index contributed by atoms with van der Waals surface area (Å²) in [4.78, 5) is 21.1. The van der Waals surface area contributed by atoms with Crippen LogP contribution in [0.2, 0.25) is 0 Å². The van der Waals surface area contributed by atoms with Crippen LogP contribution in [0.5, 0.6) is 0 Å². The number of carboxylic acids is 1. The first-order chi connectivity index (χ1) is 12.8. The molecule has 1 aliphatic carbocycles. The molecule has 0 aliphatic heterocycles. The molecule has 0 bridgehead atoms. The molecule has 3 rings (SSSR count).